The van der Waals surface area contributed by atoms with Crippen LogP contribution in [0.25, 0.3) is 0 Å². The summed E-state index contributed by atoms with van der Waals surface area (Å²) in [6, 6.07) is 11.8. The van der Waals surface area contributed by atoms with Crippen molar-refractivity contribution in [3.63, 3.8) is 0 Å². The molecule has 0 bridgehead atoms. The van der Waals surface area contributed by atoms with Gasteiger partial charge < -0.3 is 10.6 Å². The van der Waals surface area contributed by atoms with Crippen molar-refractivity contribution in [2.45, 2.75) is 18.9 Å². The van der Waals surface area contributed by atoms with E-state index in [-0.39, 0.29) is 12.1 Å². The molecule has 2 amide bonds. The van der Waals surface area contributed by atoms with Crippen molar-refractivity contribution in [1.29, 1.82) is 0 Å². The van der Waals surface area contributed by atoms with E-state index in [0.717, 1.165) is 18.8 Å². The zero-order chi connectivity index (χ0) is 15.2. The van der Waals surface area contributed by atoms with Crippen LogP contribution in [0.4, 0.5) is 10.5 Å². The van der Waals surface area contributed by atoms with Gasteiger partial charge in [-0.05, 0) is 60.5 Å². The number of nitrogens with zero attached hydrogens (tertiary/aromatic N) is 1. The average Bonchev–Trinajstić information content (AvgIpc) is 3.22. The van der Waals surface area contributed by atoms with Crippen LogP contribution in [0, 0.1) is 0 Å². The second-order valence-electron chi connectivity index (χ2n) is 5.52. The summed E-state index contributed by atoms with van der Waals surface area (Å²) in [5.41, 5.74) is 2.11. The molecular weight excluding hydrogens is 294 g/mol. The summed E-state index contributed by atoms with van der Waals surface area (Å²) in [6.45, 7) is 2.86. The zero-order valence-corrected chi connectivity index (χ0v) is 13.3. The normalized spacial score (nSPS) is 16.4. The number of hydrogen-bond acceptors (Lipinski definition) is 3. The highest BCUT2D eigenvalue weighted by Gasteiger charge is 2.24. The first-order chi connectivity index (χ1) is 10.8. The van der Waals surface area contributed by atoms with Crippen LogP contribution in [0.1, 0.15) is 24.4 Å². The van der Waals surface area contributed by atoms with Gasteiger partial charge in [0.25, 0.3) is 0 Å². The molecule has 0 radical (unpaired) electrons. The van der Waals surface area contributed by atoms with E-state index in [9.17, 15) is 4.79 Å². The Morgan fingerprint density at radius 3 is 2.64 bits per heavy atom. The van der Waals surface area contributed by atoms with Gasteiger partial charge in [0.05, 0.1) is 6.04 Å². The SMILES string of the molecule is O=C(NC[C@H](c1ccsc1)N1CCCC1)Nc1ccccc1. The highest BCUT2D eigenvalue weighted by Crippen LogP contribution is 2.26. The highest BCUT2D eigenvalue weighted by molar-refractivity contribution is 7.07. The third-order valence-corrected chi connectivity index (χ3v) is 4.70. The van der Waals surface area contributed by atoms with Gasteiger partial charge in [-0.25, -0.2) is 4.79 Å². The Balaban J connectivity index is 1.58. The topological polar surface area (TPSA) is 44.4 Å². The fraction of sp³-hybridized carbons (Fsp3) is 0.353. The first-order valence-corrected chi connectivity index (χ1v) is 8.63. The molecule has 2 heterocycles. The number of thiophene rings is 1. The standard InChI is InChI=1S/C17H21N3OS/c21-17(19-15-6-2-1-3-7-15)18-12-16(14-8-11-22-13-14)20-9-4-5-10-20/h1-3,6-8,11,13,16H,4-5,9-10,12H2,(H2,18,19,21)/t16-/m1/s1. The number of likely N-dealkylation sites (tertiary alicyclic amines) is 1. The quantitative estimate of drug-likeness (QED) is 0.883. The van der Waals surface area contributed by atoms with Crippen molar-refractivity contribution in [1.82, 2.24) is 10.2 Å². The van der Waals surface area contributed by atoms with E-state index < -0.39 is 0 Å². The second kappa shape index (κ2) is 7.42. The molecule has 0 saturated carbocycles. The van der Waals surface area contributed by atoms with Crippen molar-refractivity contribution in [3.05, 3.63) is 52.7 Å². The Morgan fingerprint density at radius 1 is 1.18 bits per heavy atom. The van der Waals surface area contributed by atoms with Gasteiger partial charge in [0.2, 0.25) is 0 Å². The highest BCUT2D eigenvalue weighted by atomic mass is 32.1. The largest absolute Gasteiger partial charge is 0.336 e. The van der Waals surface area contributed by atoms with Gasteiger partial charge in [0.1, 0.15) is 0 Å². The number of hydrogen-bond donors (Lipinski definition) is 2. The second-order valence-corrected chi connectivity index (χ2v) is 6.30. The van der Waals surface area contributed by atoms with E-state index in [1.165, 1.54) is 18.4 Å². The lowest BCUT2D eigenvalue weighted by molar-refractivity contribution is 0.228. The molecule has 22 heavy (non-hydrogen) atoms. The van der Waals surface area contributed by atoms with Crippen LogP contribution in [0.3, 0.4) is 0 Å². The number of amides is 2. The van der Waals surface area contributed by atoms with Crippen molar-refractivity contribution < 1.29 is 4.79 Å². The number of anilines is 1. The molecule has 1 aliphatic rings. The lowest BCUT2D eigenvalue weighted by Gasteiger charge is -2.27. The van der Waals surface area contributed by atoms with E-state index in [4.69, 9.17) is 0 Å². The summed E-state index contributed by atoms with van der Waals surface area (Å²) >= 11 is 1.71. The summed E-state index contributed by atoms with van der Waals surface area (Å²) in [7, 11) is 0. The van der Waals surface area contributed by atoms with Gasteiger partial charge >= 0.3 is 6.03 Å². The number of carbonyl (C=O) groups excluding carboxylic acids is 1. The van der Waals surface area contributed by atoms with Gasteiger partial charge in [-0.2, -0.15) is 11.3 Å². The van der Waals surface area contributed by atoms with Crippen LogP contribution in [-0.2, 0) is 0 Å². The van der Waals surface area contributed by atoms with Crippen molar-refractivity contribution in [2.75, 3.05) is 25.0 Å². The maximum absolute atomic E-state index is 12.1. The predicted octanol–water partition coefficient (Wildman–Crippen LogP) is 3.71. The van der Waals surface area contributed by atoms with Crippen LogP contribution >= 0.6 is 11.3 Å². The summed E-state index contributed by atoms with van der Waals surface area (Å²) < 4.78 is 0. The fourth-order valence-electron chi connectivity index (χ4n) is 2.86. The lowest BCUT2D eigenvalue weighted by Crippen LogP contribution is -2.38. The van der Waals surface area contributed by atoms with Crippen molar-refractivity contribution in [2.24, 2.45) is 0 Å². The number of nitrogens with one attached hydrogen (secondary N) is 2. The van der Waals surface area contributed by atoms with Gasteiger partial charge in [-0.15, -0.1) is 0 Å². The first-order valence-electron chi connectivity index (χ1n) is 7.69. The molecule has 1 aromatic heterocycles. The molecule has 0 aliphatic carbocycles. The molecule has 1 saturated heterocycles. The van der Waals surface area contributed by atoms with E-state index in [1.807, 2.05) is 30.3 Å². The van der Waals surface area contributed by atoms with Gasteiger partial charge in [0.15, 0.2) is 0 Å². The molecule has 1 aromatic carbocycles. The Labute approximate surface area is 135 Å². The third kappa shape index (κ3) is 3.87. The number of carbonyl (C=O) groups is 1. The van der Waals surface area contributed by atoms with Gasteiger partial charge in [-0.3, -0.25) is 4.90 Å². The van der Waals surface area contributed by atoms with Crippen molar-refractivity contribution in [3.8, 4) is 0 Å². The van der Waals surface area contributed by atoms with Crippen LogP contribution < -0.4 is 10.6 Å². The van der Waals surface area contributed by atoms with Crippen LogP contribution in [-0.4, -0.2) is 30.6 Å². The molecule has 1 fully saturated rings. The predicted molar refractivity (Wildman–Crippen MR) is 91.3 cm³/mol. The summed E-state index contributed by atoms with van der Waals surface area (Å²) in [4.78, 5) is 14.5. The summed E-state index contributed by atoms with van der Waals surface area (Å²) in [5, 5.41) is 10.2. The molecule has 1 atom stereocenters. The molecule has 2 aromatic rings. The monoisotopic (exact) mass is 315 g/mol. The number of rotatable bonds is 5. The van der Waals surface area contributed by atoms with Gasteiger partial charge in [-0.1, -0.05) is 18.2 Å². The van der Waals surface area contributed by atoms with Crippen LogP contribution in [0.15, 0.2) is 47.2 Å². The van der Waals surface area contributed by atoms with Crippen molar-refractivity contribution >= 4 is 23.1 Å². The number of benzene rings is 1. The molecular formula is C17H21N3OS. The van der Waals surface area contributed by atoms with Gasteiger partial charge in [0, 0.05) is 12.2 Å². The first kappa shape index (κ1) is 15.1. The summed E-state index contributed by atoms with van der Waals surface area (Å²) in [5.74, 6) is 0. The maximum Gasteiger partial charge on any atom is 0.319 e. The number of urea groups is 1. The lowest BCUT2D eigenvalue weighted by atomic mass is 10.1. The molecule has 5 heteroatoms. The minimum absolute atomic E-state index is 0.148. The molecule has 2 N–H and O–H groups in total. The Kier molecular flexibility index (Phi) is 5.08. The molecule has 0 spiro atoms. The molecule has 4 nitrogen and oxygen atoms in total. The molecule has 0 unspecified atom stereocenters. The minimum Gasteiger partial charge on any atom is -0.336 e. The molecule has 1 aliphatic heterocycles. The van der Waals surface area contributed by atoms with E-state index in [1.54, 1.807) is 11.3 Å². The average molecular weight is 315 g/mol. The fourth-order valence-corrected chi connectivity index (χ4v) is 3.57. The molecule has 3 rings (SSSR count). The maximum atomic E-state index is 12.1. The van der Waals surface area contributed by atoms with E-state index in [2.05, 4.69) is 32.4 Å². The Hall–Kier alpha value is -1.85. The van der Waals surface area contributed by atoms with E-state index >= 15 is 0 Å². The Bertz CT molecular complexity index is 579. The third-order valence-electron chi connectivity index (χ3n) is 4.00. The van der Waals surface area contributed by atoms with Crippen LogP contribution in [0.5, 0.6) is 0 Å². The summed E-state index contributed by atoms with van der Waals surface area (Å²) in [6.07, 6.45) is 2.49. The van der Waals surface area contributed by atoms with E-state index in [0.29, 0.717) is 6.54 Å². The number of para-hydroxylation sites is 1. The zero-order valence-electron chi connectivity index (χ0n) is 12.5. The minimum atomic E-state index is -0.148. The Morgan fingerprint density at radius 2 is 1.95 bits per heavy atom. The smallest absolute Gasteiger partial charge is 0.319 e. The molecule has 116 valence electrons. The van der Waals surface area contributed by atoms with Crippen LogP contribution in [0.2, 0.25) is 0 Å².